The summed E-state index contributed by atoms with van der Waals surface area (Å²) in [6.07, 6.45) is -2.29. The van der Waals surface area contributed by atoms with Gasteiger partial charge in [0.25, 0.3) is 12.0 Å². The number of alkyl halides is 2. The van der Waals surface area contributed by atoms with Crippen molar-refractivity contribution in [2.24, 2.45) is 11.7 Å². The second-order valence-corrected chi connectivity index (χ2v) is 7.58. The van der Waals surface area contributed by atoms with Gasteiger partial charge in [-0.05, 0) is 31.4 Å². The topological polar surface area (TPSA) is 97.8 Å². The third-order valence-corrected chi connectivity index (χ3v) is 5.72. The molecule has 0 amide bonds. The number of ether oxygens (including phenoxy) is 1. The second kappa shape index (κ2) is 6.94. The highest BCUT2D eigenvalue weighted by molar-refractivity contribution is 5.97. The molecular weight excluding hydrogens is 391 g/mol. The van der Waals surface area contributed by atoms with Gasteiger partial charge in [0.2, 0.25) is 0 Å². The number of carboxylic acids is 1. The molecule has 29 heavy (non-hydrogen) atoms. The van der Waals surface area contributed by atoms with Crippen LogP contribution in [0.3, 0.4) is 0 Å². The standard InChI is InChI=1S/C19H20F3N3O4/c1-8-7-29-16-14-10(4-11(19(27)28)18(26)25(8)14)5-12(20)15(16)24-3-2-9(6-24)13(23)17(21)22/h4-5,8-9,13,17H,2-3,6-7,23H2,1H3,(H,27,28)/t8-,9+,13?/m0/s1. The predicted molar refractivity (Wildman–Crippen MR) is 99.6 cm³/mol. The maximum absolute atomic E-state index is 15.1. The Bertz CT molecular complexity index is 1060. The largest absolute Gasteiger partial charge is 0.487 e. The maximum Gasteiger partial charge on any atom is 0.341 e. The average Bonchev–Trinajstić information content (AvgIpc) is 3.13. The third kappa shape index (κ3) is 3.02. The van der Waals surface area contributed by atoms with Gasteiger partial charge in [0.05, 0.1) is 17.6 Å². The number of aromatic carboxylic acids is 1. The molecule has 1 aromatic carbocycles. The zero-order valence-corrected chi connectivity index (χ0v) is 15.6. The molecule has 7 nitrogen and oxygen atoms in total. The van der Waals surface area contributed by atoms with Gasteiger partial charge in [-0.1, -0.05) is 0 Å². The lowest BCUT2D eigenvalue weighted by Gasteiger charge is -2.31. The number of anilines is 1. The van der Waals surface area contributed by atoms with Gasteiger partial charge < -0.3 is 20.5 Å². The quantitative estimate of drug-likeness (QED) is 0.801. The van der Waals surface area contributed by atoms with E-state index < -0.39 is 47.3 Å². The lowest BCUT2D eigenvalue weighted by molar-refractivity contribution is 0.0693. The molecule has 3 atom stereocenters. The molecule has 0 saturated carbocycles. The first-order chi connectivity index (χ1) is 13.7. The molecule has 1 saturated heterocycles. The normalized spacial score (nSPS) is 22.2. The van der Waals surface area contributed by atoms with Crippen LogP contribution in [0.25, 0.3) is 10.9 Å². The van der Waals surface area contributed by atoms with Crippen LogP contribution in [0, 0.1) is 11.7 Å². The number of rotatable bonds is 4. The summed E-state index contributed by atoms with van der Waals surface area (Å²) in [4.78, 5) is 25.7. The van der Waals surface area contributed by atoms with Crippen LogP contribution >= 0.6 is 0 Å². The molecule has 2 aliphatic rings. The van der Waals surface area contributed by atoms with Crippen LogP contribution in [0.15, 0.2) is 16.9 Å². The first kappa shape index (κ1) is 19.6. The Labute approximate surface area is 163 Å². The number of nitrogens with zero attached hydrogens (tertiary/aromatic N) is 2. The molecule has 3 heterocycles. The van der Waals surface area contributed by atoms with E-state index in [4.69, 9.17) is 10.5 Å². The minimum absolute atomic E-state index is 0.0509. The van der Waals surface area contributed by atoms with Crippen molar-refractivity contribution in [3.8, 4) is 5.75 Å². The lowest BCUT2D eigenvalue weighted by atomic mass is 10.0. The summed E-state index contributed by atoms with van der Waals surface area (Å²) in [6.45, 7) is 2.20. The number of hydrogen-bond donors (Lipinski definition) is 2. The van der Waals surface area contributed by atoms with E-state index in [-0.39, 0.29) is 30.0 Å². The second-order valence-electron chi connectivity index (χ2n) is 7.58. The highest BCUT2D eigenvalue weighted by Gasteiger charge is 2.36. The molecule has 2 aliphatic heterocycles. The van der Waals surface area contributed by atoms with E-state index in [0.717, 1.165) is 12.1 Å². The number of hydrogen-bond acceptors (Lipinski definition) is 5. The number of halogens is 3. The molecule has 0 bridgehead atoms. The Morgan fingerprint density at radius 3 is 2.76 bits per heavy atom. The minimum Gasteiger partial charge on any atom is -0.487 e. The number of benzene rings is 1. The summed E-state index contributed by atoms with van der Waals surface area (Å²) in [5.74, 6) is -2.45. The van der Waals surface area contributed by atoms with Crippen LogP contribution in [0.5, 0.6) is 5.75 Å². The molecule has 1 unspecified atom stereocenters. The van der Waals surface area contributed by atoms with E-state index in [1.54, 1.807) is 11.8 Å². The smallest absolute Gasteiger partial charge is 0.341 e. The minimum atomic E-state index is -2.67. The van der Waals surface area contributed by atoms with Crippen molar-refractivity contribution in [2.45, 2.75) is 31.9 Å². The van der Waals surface area contributed by atoms with E-state index >= 15 is 4.39 Å². The lowest BCUT2D eigenvalue weighted by Crippen LogP contribution is -2.39. The van der Waals surface area contributed by atoms with E-state index in [1.165, 1.54) is 4.57 Å². The summed E-state index contributed by atoms with van der Waals surface area (Å²) in [6, 6.07) is 0.525. The van der Waals surface area contributed by atoms with Crippen LogP contribution < -0.4 is 20.9 Å². The number of nitrogens with two attached hydrogens (primary N) is 1. The van der Waals surface area contributed by atoms with Gasteiger partial charge in [-0.15, -0.1) is 0 Å². The first-order valence-electron chi connectivity index (χ1n) is 9.27. The fourth-order valence-electron chi connectivity index (χ4n) is 4.23. The highest BCUT2D eigenvalue weighted by atomic mass is 19.3. The molecule has 0 radical (unpaired) electrons. The molecule has 1 aromatic heterocycles. The van der Waals surface area contributed by atoms with Gasteiger partial charge in [0, 0.05) is 18.5 Å². The summed E-state index contributed by atoms with van der Waals surface area (Å²) in [5, 5.41) is 9.55. The van der Waals surface area contributed by atoms with E-state index in [0.29, 0.717) is 18.5 Å². The van der Waals surface area contributed by atoms with Gasteiger partial charge >= 0.3 is 5.97 Å². The van der Waals surface area contributed by atoms with E-state index in [9.17, 15) is 23.5 Å². The Morgan fingerprint density at radius 2 is 2.10 bits per heavy atom. The zero-order valence-electron chi connectivity index (χ0n) is 15.6. The van der Waals surface area contributed by atoms with Crippen molar-refractivity contribution in [3.05, 3.63) is 33.9 Å². The Hall–Kier alpha value is -2.75. The van der Waals surface area contributed by atoms with Crippen molar-refractivity contribution >= 4 is 22.6 Å². The fourth-order valence-corrected chi connectivity index (χ4v) is 4.23. The zero-order chi connectivity index (χ0) is 21.0. The summed E-state index contributed by atoms with van der Waals surface area (Å²) in [5.41, 5.74) is 4.82. The predicted octanol–water partition coefficient (Wildman–Crippen LogP) is 2.21. The van der Waals surface area contributed by atoms with Gasteiger partial charge in [0.15, 0.2) is 11.6 Å². The van der Waals surface area contributed by atoms with E-state index in [1.807, 2.05) is 0 Å². The van der Waals surface area contributed by atoms with Crippen LogP contribution in [0.2, 0.25) is 0 Å². The summed E-state index contributed by atoms with van der Waals surface area (Å²) in [7, 11) is 0. The van der Waals surface area contributed by atoms with Gasteiger partial charge in [-0.2, -0.15) is 0 Å². The van der Waals surface area contributed by atoms with Crippen molar-refractivity contribution in [2.75, 3.05) is 24.6 Å². The van der Waals surface area contributed by atoms with Crippen molar-refractivity contribution in [1.82, 2.24) is 4.57 Å². The maximum atomic E-state index is 15.1. The summed E-state index contributed by atoms with van der Waals surface area (Å²) >= 11 is 0. The molecule has 2 aromatic rings. The molecular formula is C19H20F3N3O4. The molecule has 4 rings (SSSR count). The van der Waals surface area contributed by atoms with E-state index in [2.05, 4.69) is 0 Å². The Balaban J connectivity index is 1.88. The van der Waals surface area contributed by atoms with Crippen LogP contribution in [0.1, 0.15) is 29.7 Å². The van der Waals surface area contributed by atoms with Crippen molar-refractivity contribution in [3.63, 3.8) is 0 Å². The number of carboxylic acid groups (broad SMARTS) is 1. The molecule has 0 spiro atoms. The SMILES string of the molecule is C[C@H]1COc2c(N3CC[C@@H](C(N)C(F)F)C3)c(F)cc3cc(C(=O)O)c(=O)n1c23. The van der Waals surface area contributed by atoms with Gasteiger partial charge in [-0.3, -0.25) is 9.36 Å². The molecule has 1 fully saturated rings. The number of aromatic nitrogens is 1. The number of carbonyl (C=O) groups is 1. The Kier molecular flexibility index (Phi) is 4.68. The van der Waals surface area contributed by atoms with Crippen LogP contribution in [0.4, 0.5) is 18.9 Å². The Morgan fingerprint density at radius 1 is 1.38 bits per heavy atom. The molecule has 3 N–H and O–H groups in total. The average molecular weight is 411 g/mol. The highest BCUT2D eigenvalue weighted by Crippen LogP contribution is 2.43. The third-order valence-electron chi connectivity index (χ3n) is 5.72. The summed E-state index contributed by atoms with van der Waals surface area (Å²) < 4.78 is 48.1. The number of pyridine rings is 1. The fraction of sp³-hybridized carbons (Fsp3) is 0.474. The van der Waals surface area contributed by atoms with Crippen molar-refractivity contribution in [1.29, 1.82) is 0 Å². The van der Waals surface area contributed by atoms with Gasteiger partial charge in [-0.25, -0.2) is 18.0 Å². The van der Waals surface area contributed by atoms with Crippen molar-refractivity contribution < 1.29 is 27.8 Å². The molecule has 156 valence electrons. The first-order valence-corrected chi connectivity index (χ1v) is 9.27. The monoisotopic (exact) mass is 411 g/mol. The van der Waals surface area contributed by atoms with Crippen LogP contribution in [-0.4, -0.2) is 47.8 Å². The van der Waals surface area contributed by atoms with Gasteiger partial charge in [0.1, 0.15) is 17.9 Å². The molecule has 0 aliphatic carbocycles. The van der Waals surface area contributed by atoms with Crippen LogP contribution in [-0.2, 0) is 0 Å². The molecule has 10 heteroatoms.